The summed E-state index contributed by atoms with van der Waals surface area (Å²) in [5.74, 6) is 0.0542. The van der Waals surface area contributed by atoms with Crippen LogP contribution in [0.4, 0.5) is 0 Å². The van der Waals surface area contributed by atoms with Gasteiger partial charge in [-0.3, -0.25) is 4.79 Å². The van der Waals surface area contributed by atoms with Crippen LogP contribution < -0.4 is 5.43 Å². The van der Waals surface area contributed by atoms with Crippen LogP contribution in [0, 0.1) is 0 Å². The first-order valence-corrected chi connectivity index (χ1v) is 9.72. The standard InChI is InChI=1S/C24H29N3O/c1-7-21(18(4)27-13-12-20(19(5)28)14-16(27)2)22-10-8-9-11-23(22)24-15-26(6)25-17(24)3/h8-15,17,25H,2,7H2,1,3-6H3/b21-18+. The molecule has 4 nitrogen and oxygen atoms in total. The van der Waals surface area contributed by atoms with Crippen LogP contribution in [0.25, 0.3) is 11.1 Å². The fourth-order valence-corrected chi connectivity index (χ4v) is 3.91. The number of Topliss-reactive ketones (excluding diaryl/α,β-unsaturated/α-hetero) is 1. The molecule has 2 aliphatic rings. The van der Waals surface area contributed by atoms with Crippen molar-refractivity contribution in [2.24, 2.45) is 0 Å². The number of hydrogen-bond acceptors (Lipinski definition) is 4. The van der Waals surface area contributed by atoms with Crippen molar-refractivity contribution in [3.05, 3.63) is 83.5 Å². The monoisotopic (exact) mass is 375 g/mol. The average molecular weight is 376 g/mol. The molecule has 0 bridgehead atoms. The van der Waals surface area contributed by atoms with E-state index in [4.69, 9.17) is 0 Å². The summed E-state index contributed by atoms with van der Waals surface area (Å²) in [4.78, 5) is 13.7. The predicted molar refractivity (Wildman–Crippen MR) is 117 cm³/mol. The smallest absolute Gasteiger partial charge is 0.159 e. The van der Waals surface area contributed by atoms with Gasteiger partial charge in [-0.2, -0.15) is 0 Å². The molecule has 0 radical (unpaired) electrons. The summed E-state index contributed by atoms with van der Waals surface area (Å²) in [7, 11) is 2.02. The number of rotatable bonds is 5. The van der Waals surface area contributed by atoms with Crippen molar-refractivity contribution >= 4 is 16.9 Å². The number of allylic oxidation sites excluding steroid dienone is 5. The Balaban J connectivity index is 2.05. The van der Waals surface area contributed by atoms with Crippen LogP contribution in [0.2, 0.25) is 0 Å². The maximum absolute atomic E-state index is 11.7. The Hall–Kier alpha value is -2.85. The zero-order valence-electron chi connectivity index (χ0n) is 17.4. The van der Waals surface area contributed by atoms with Crippen molar-refractivity contribution in [3.8, 4) is 0 Å². The van der Waals surface area contributed by atoms with E-state index in [2.05, 4.69) is 68.1 Å². The second-order valence-corrected chi connectivity index (χ2v) is 7.34. The van der Waals surface area contributed by atoms with Crippen molar-refractivity contribution in [2.45, 2.75) is 40.2 Å². The molecular weight excluding hydrogens is 346 g/mol. The highest BCUT2D eigenvalue weighted by atomic mass is 16.1. The molecule has 2 aliphatic heterocycles. The molecule has 0 spiro atoms. The summed E-state index contributed by atoms with van der Waals surface area (Å²) in [6.45, 7) is 12.2. The van der Waals surface area contributed by atoms with E-state index < -0.39 is 0 Å². The zero-order chi connectivity index (χ0) is 20.4. The van der Waals surface area contributed by atoms with Gasteiger partial charge in [0.25, 0.3) is 0 Å². The Labute approximate surface area is 168 Å². The predicted octanol–water partition coefficient (Wildman–Crippen LogP) is 4.87. The van der Waals surface area contributed by atoms with E-state index in [0.717, 1.165) is 17.8 Å². The molecule has 0 saturated heterocycles. The lowest BCUT2D eigenvalue weighted by Gasteiger charge is -2.28. The molecule has 0 aliphatic carbocycles. The van der Waals surface area contributed by atoms with Gasteiger partial charge >= 0.3 is 0 Å². The van der Waals surface area contributed by atoms with Crippen molar-refractivity contribution in [1.82, 2.24) is 15.3 Å². The summed E-state index contributed by atoms with van der Waals surface area (Å²) < 4.78 is 0. The first kappa shape index (κ1) is 19.9. The summed E-state index contributed by atoms with van der Waals surface area (Å²) >= 11 is 0. The molecule has 0 fully saturated rings. The summed E-state index contributed by atoms with van der Waals surface area (Å²) in [6.07, 6.45) is 8.72. The SMILES string of the molecule is C=C1C=C(C(C)=O)C=CN1/C(C)=C(\CC)c1ccccc1C1=CN(C)NC1C. The van der Waals surface area contributed by atoms with Crippen LogP contribution >= 0.6 is 0 Å². The Morgan fingerprint density at radius 1 is 1.25 bits per heavy atom. The minimum absolute atomic E-state index is 0.0542. The van der Waals surface area contributed by atoms with E-state index in [1.54, 1.807) is 6.92 Å². The molecular formula is C24H29N3O. The normalized spacial score (nSPS) is 20.2. The quantitative estimate of drug-likeness (QED) is 0.797. The molecule has 3 rings (SSSR count). The van der Waals surface area contributed by atoms with Gasteiger partial charge in [-0.15, -0.1) is 0 Å². The number of nitrogens with one attached hydrogen (secondary N) is 1. The van der Waals surface area contributed by atoms with Crippen molar-refractivity contribution in [2.75, 3.05) is 7.05 Å². The molecule has 2 heterocycles. The first-order chi connectivity index (χ1) is 13.3. The van der Waals surface area contributed by atoms with Crippen molar-refractivity contribution in [3.63, 3.8) is 0 Å². The maximum atomic E-state index is 11.7. The number of ketones is 1. The Morgan fingerprint density at radius 2 is 1.96 bits per heavy atom. The molecule has 1 unspecified atom stereocenters. The maximum Gasteiger partial charge on any atom is 0.159 e. The second-order valence-electron chi connectivity index (χ2n) is 7.34. The lowest BCUT2D eigenvalue weighted by molar-refractivity contribution is -0.113. The first-order valence-electron chi connectivity index (χ1n) is 9.72. The number of carbonyl (C=O) groups excluding carboxylic acids is 1. The second kappa shape index (κ2) is 8.03. The molecule has 1 aromatic carbocycles. The fourth-order valence-electron chi connectivity index (χ4n) is 3.91. The number of hydrazine groups is 1. The van der Waals surface area contributed by atoms with Gasteiger partial charge < -0.3 is 9.91 Å². The van der Waals surface area contributed by atoms with E-state index >= 15 is 0 Å². The zero-order valence-corrected chi connectivity index (χ0v) is 17.4. The Morgan fingerprint density at radius 3 is 2.54 bits per heavy atom. The van der Waals surface area contributed by atoms with Gasteiger partial charge in [0, 0.05) is 36.4 Å². The van der Waals surface area contributed by atoms with E-state index in [9.17, 15) is 4.79 Å². The molecule has 28 heavy (non-hydrogen) atoms. The van der Waals surface area contributed by atoms with Gasteiger partial charge in [0.05, 0.1) is 6.04 Å². The Bertz CT molecular complexity index is 933. The number of nitrogens with zero attached hydrogens (tertiary/aromatic N) is 2. The molecule has 1 N–H and O–H groups in total. The number of benzene rings is 1. The third-order valence-electron chi connectivity index (χ3n) is 5.35. The van der Waals surface area contributed by atoms with Crippen LogP contribution in [-0.4, -0.2) is 28.8 Å². The third-order valence-corrected chi connectivity index (χ3v) is 5.35. The van der Waals surface area contributed by atoms with Gasteiger partial charge in [-0.05, 0) is 61.6 Å². The van der Waals surface area contributed by atoms with Crippen LogP contribution in [-0.2, 0) is 4.79 Å². The molecule has 1 aromatic rings. The molecule has 0 saturated carbocycles. The molecule has 1 atom stereocenters. The summed E-state index contributed by atoms with van der Waals surface area (Å²) in [5, 5.41) is 2.02. The summed E-state index contributed by atoms with van der Waals surface area (Å²) in [5.41, 5.74) is 11.1. The van der Waals surface area contributed by atoms with Crippen LogP contribution in [0.3, 0.4) is 0 Å². The minimum Gasteiger partial charge on any atom is -0.321 e. The molecule has 4 heteroatoms. The number of carbonyl (C=O) groups is 1. The topological polar surface area (TPSA) is 35.6 Å². The van der Waals surface area contributed by atoms with E-state index in [0.29, 0.717) is 5.57 Å². The van der Waals surface area contributed by atoms with Crippen LogP contribution in [0.15, 0.2) is 72.4 Å². The van der Waals surface area contributed by atoms with E-state index in [1.165, 1.54) is 22.3 Å². The van der Waals surface area contributed by atoms with Crippen molar-refractivity contribution < 1.29 is 4.79 Å². The third kappa shape index (κ3) is 3.73. The summed E-state index contributed by atoms with van der Waals surface area (Å²) in [6, 6.07) is 8.82. The van der Waals surface area contributed by atoms with Gasteiger partial charge in [0.1, 0.15) is 0 Å². The molecule has 146 valence electrons. The van der Waals surface area contributed by atoms with Crippen LogP contribution in [0.5, 0.6) is 0 Å². The minimum atomic E-state index is 0.0542. The highest BCUT2D eigenvalue weighted by Crippen LogP contribution is 2.35. The average Bonchev–Trinajstić information content (AvgIpc) is 3.00. The molecule has 0 amide bonds. The van der Waals surface area contributed by atoms with Gasteiger partial charge in [0.15, 0.2) is 5.78 Å². The fraction of sp³-hybridized carbons (Fsp3) is 0.292. The van der Waals surface area contributed by atoms with Crippen LogP contribution in [0.1, 0.15) is 45.2 Å². The van der Waals surface area contributed by atoms with E-state index in [-0.39, 0.29) is 11.8 Å². The Kier molecular flexibility index (Phi) is 5.71. The number of hydrogen-bond donors (Lipinski definition) is 1. The highest BCUT2D eigenvalue weighted by molar-refractivity contribution is 5.97. The largest absolute Gasteiger partial charge is 0.321 e. The molecule has 0 aromatic heterocycles. The van der Waals surface area contributed by atoms with Crippen molar-refractivity contribution in [1.29, 1.82) is 0 Å². The lowest BCUT2D eigenvalue weighted by atomic mass is 9.90. The highest BCUT2D eigenvalue weighted by Gasteiger charge is 2.23. The van der Waals surface area contributed by atoms with E-state index in [1.807, 2.05) is 30.4 Å². The van der Waals surface area contributed by atoms with Gasteiger partial charge in [-0.1, -0.05) is 37.8 Å². The van der Waals surface area contributed by atoms with Gasteiger partial charge in [-0.25, -0.2) is 5.43 Å². The lowest BCUT2D eigenvalue weighted by Crippen LogP contribution is -2.30. The van der Waals surface area contributed by atoms with Gasteiger partial charge in [0.2, 0.25) is 0 Å².